The van der Waals surface area contributed by atoms with Crippen LogP contribution >= 0.6 is 0 Å². The van der Waals surface area contributed by atoms with Gasteiger partial charge in [0.25, 0.3) is 5.91 Å². The molecule has 4 heteroatoms. The molecule has 0 saturated carbocycles. The number of carbonyl (C=O) groups is 1. The molecule has 1 heterocycles. The molecule has 1 atom stereocenters. The highest BCUT2D eigenvalue weighted by Crippen LogP contribution is 2.24. The molecule has 4 rings (SSSR count). The maximum atomic E-state index is 13.3. The number of nitrogens with one attached hydrogen (secondary N) is 1. The summed E-state index contributed by atoms with van der Waals surface area (Å²) in [5.74, 6) is -0.111. The standard InChI is InChI=1S/C28H29N3O/c1-20-14-17-26(21(2)18-20)31-27(19-25(30-31)24-12-8-5-9-13-24)28(32)29-22(3)15-16-23-10-6-4-7-11-23/h4-14,17-19,22H,15-16H2,1-3H3,(H,29,32). The van der Waals surface area contributed by atoms with Crippen LogP contribution in [0.2, 0.25) is 0 Å². The molecule has 3 aromatic carbocycles. The van der Waals surface area contributed by atoms with Crippen molar-refractivity contribution in [2.24, 2.45) is 0 Å². The minimum atomic E-state index is -0.111. The van der Waals surface area contributed by atoms with Gasteiger partial charge in [0.1, 0.15) is 5.69 Å². The quantitative estimate of drug-likeness (QED) is 0.402. The van der Waals surface area contributed by atoms with Gasteiger partial charge in [0.2, 0.25) is 0 Å². The highest BCUT2D eigenvalue weighted by atomic mass is 16.2. The Labute approximate surface area is 189 Å². The van der Waals surface area contributed by atoms with Crippen LogP contribution in [0.3, 0.4) is 0 Å². The third-order valence-corrected chi connectivity index (χ3v) is 5.68. The second kappa shape index (κ2) is 9.65. The van der Waals surface area contributed by atoms with E-state index in [9.17, 15) is 4.79 Å². The molecule has 0 radical (unpaired) electrons. The van der Waals surface area contributed by atoms with E-state index in [1.54, 1.807) is 4.68 Å². The van der Waals surface area contributed by atoms with Crippen LogP contribution in [0.5, 0.6) is 0 Å². The zero-order chi connectivity index (χ0) is 22.5. The molecule has 0 saturated heterocycles. The molecule has 1 unspecified atom stereocenters. The summed E-state index contributed by atoms with van der Waals surface area (Å²) in [6.07, 6.45) is 1.80. The van der Waals surface area contributed by atoms with Crippen LogP contribution in [0, 0.1) is 13.8 Å². The smallest absolute Gasteiger partial charge is 0.270 e. The second-order valence-electron chi connectivity index (χ2n) is 8.38. The zero-order valence-corrected chi connectivity index (χ0v) is 18.9. The second-order valence-corrected chi connectivity index (χ2v) is 8.38. The lowest BCUT2D eigenvalue weighted by Gasteiger charge is -2.15. The van der Waals surface area contributed by atoms with Crippen LogP contribution in [0.15, 0.2) is 84.9 Å². The monoisotopic (exact) mass is 423 g/mol. The first kappa shape index (κ1) is 21.6. The van der Waals surface area contributed by atoms with E-state index in [0.29, 0.717) is 5.69 Å². The molecule has 4 nitrogen and oxygen atoms in total. The third kappa shape index (κ3) is 4.97. The van der Waals surface area contributed by atoms with Crippen LogP contribution in [0.1, 0.15) is 40.5 Å². The molecule has 0 bridgehead atoms. The highest BCUT2D eigenvalue weighted by molar-refractivity contribution is 5.94. The molecule has 0 aliphatic heterocycles. The Bertz CT molecular complexity index is 1200. The van der Waals surface area contributed by atoms with Gasteiger partial charge in [0.05, 0.1) is 11.4 Å². The van der Waals surface area contributed by atoms with Crippen molar-refractivity contribution >= 4 is 5.91 Å². The summed E-state index contributed by atoms with van der Waals surface area (Å²) >= 11 is 0. The third-order valence-electron chi connectivity index (χ3n) is 5.68. The number of aromatic nitrogens is 2. The lowest BCUT2D eigenvalue weighted by atomic mass is 10.1. The first-order valence-electron chi connectivity index (χ1n) is 11.1. The lowest BCUT2D eigenvalue weighted by Crippen LogP contribution is -2.34. The number of aryl methyl sites for hydroxylation is 3. The Morgan fingerprint density at radius 2 is 1.62 bits per heavy atom. The van der Waals surface area contributed by atoms with Gasteiger partial charge in [-0.3, -0.25) is 4.79 Å². The molecular weight excluding hydrogens is 394 g/mol. The fourth-order valence-corrected chi connectivity index (χ4v) is 3.92. The number of hydrogen-bond donors (Lipinski definition) is 1. The summed E-state index contributed by atoms with van der Waals surface area (Å²) in [5, 5.41) is 7.99. The molecule has 1 N–H and O–H groups in total. The van der Waals surface area contributed by atoms with Gasteiger partial charge < -0.3 is 5.32 Å². The summed E-state index contributed by atoms with van der Waals surface area (Å²) in [6, 6.07) is 28.5. The molecule has 0 fully saturated rings. The Morgan fingerprint density at radius 3 is 2.31 bits per heavy atom. The predicted octanol–water partition coefficient (Wildman–Crippen LogP) is 5.91. The Balaban J connectivity index is 1.61. The van der Waals surface area contributed by atoms with Crippen LogP contribution < -0.4 is 5.32 Å². The topological polar surface area (TPSA) is 46.9 Å². The first-order valence-corrected chi connectivity index (χ1v) is 11.1. The Hall–Kier alpha value is -3.66. The fraction of sp³-hybridized carbons (Fsp3) is 0.214. The number of rotatable bonds is 7. The van der Waals surface area contributed by atoms with E-state index in [1.165, 1.54) is 11.1 Å². The van der Waals surface area contributed by atoms with Gasteiger partial charge in [-0.1, -0.05) is 78.4 Å². The van der Waals surface area contributed by atoms with Gasteiger partial charge in [-0.15, -0.1) is 0 Å². The van der Waals surface area contributed by atoms with Gasteiger partial charge in [0.15, 0.2) is 0 Å². The molecule has 32 heavy (non-hydrogen) atoms. The molecule has 1 aromatic heterocycles. The maximum absolute atomic E-state index is 13.3. The number of carbonyl (C=O) groups excluding carboxylic acids is 1. The largest absolute Gasteiger partial charge is 0.348 e. The summed E-state index contributed by atoms with van der Waals surface area (Å²) in [5.41, 5.74) is 6.78. The number of nitrogens with zero attached hydrogens (tertiary/aromatic N) is 2. The summed E-state index contributed by atoms with van der Waals surface area (Å²) < 4.78 is 1.77. The SMILES string of the molecule is Cc1ccc(-n2nc(-c3ccccc3)cc2C(=O)NC(C)CCc2ccccc2)c(C)c1. The number of benzene rings is 3. The van der Waals surface area contributed by atoms with E-state index >= 15 is 0 Å². The molecule has 0 aliphatic rings. The van der Waals surface area contributed by atoms with Crippen molar-refractivity contribution < 1.29 is 4.79 Å². The van der Waals surface area contributed by atoms with Gasteiger partial charge in [-0.25, -0.2) is 4.68 Å². The fourth-order valence-electron chi connectivity index (χ4n) is 3.92. The molecule has 0 spiro atoms. The van der Waals surface area contributed by atoms with Crippen LogP contribution in [-0.2, 0) is 6.42 Å². The summed E-state index contributed by atoms with van der Waals surface area (Å²) in [6.45, 7) is 6.17. The van der Waals surface area contributed by atoms with E-state index in [1.807, 2.05) is 60.7 Å². The van der Waals surface area contributed by atoms with E-state index in [2.05, 4.69) is 50.4 Å². The van der Waals surface area contributed by atoms with Crippen molar-refractivity contribution in [2.75, 3.05) is 0 Å². The van der Waals surface area contributed by atoms with Gasteiger partial charge >= 0.3 is 0 Å². The molecule has 162 valence electrons. The van der Waals surface area contributed by atoms with Crippen LogP contribution in [0.25, 0.3) is 16.9 Å². The van der Waals surface area contributed by atoms with E-state index in [0.717, 1.165) is 35.3 Å². The minimum absolute atomic E-state index is 0.0466. The van der Waals surface area contributed by atoms with E-state index in [-0.39, 0.29) is 11.9 Å². The molecule has 4 aromatic rings. The van der Waals surface area contributed by atoms with Crippen molar-refractivity contribution in [1.82, 2.24) is 15.1 Å². The Kier molecular flexibility index (Phi) is 6.50. The average Bonchev–Trinajstić information content (AvgIpc) is 3.24. The highest BCUT2D eigenvalue weighted by Gasteiger charge is 2.20. The number of hydrogen-bond acceptors (Lipinski definition) is 2. The average molecular weight is 424 g/mol. The van der Waals surface area contributed by atoms with Gasteiger partial charge in [0, 0.05) is 11.6 Å². The molecular formula is C28H29N3O. The van der Waals surface area contributed by atoms with Crippen molar-refractivity contribution in [2.45, 2.75) is 39.7 Å². The maximum Gasteiger partial charge on any atom is 0.270 e. The minimum Gasteiger partial charge on any atom is -0.348 e. The summed E-state index contributed by atoms with van der Waals surface area (Å²) in [7, 11) is 0. The van der Waals surface area contributed by atoms with Crippen LogP contribution in [-0.4, -0.2) is 21.7 Å². The molecule has 0 aliphatic carbocycles. The van der Waals surface area contributed by atoms with Crippen molar-refractivity contribution in [3.63, 3.8) is 0 Å². The van der Waals surface area contributed by atoms with E-state index < -0.39 is 0 Å². The summed E-state index contributed by atoms with van der Waals surface area (Å²) in [4.78, 5) is 13.3. The van der Waals surface area contributed by atoms with Crippen LogP contribution in [0.4, 0.5) is 0 Å². The Morgan fingerprint density at radius 1 is 0.938 bits per heavy atom. The normalized spacial score (nSPS) is 11.8. The van der Waals surface area contributed by atoms with Crippen molar-refractivity contribution in [1.29, 1.82) is 0 Å². The molecule has 1 amide bonds. The van der Waals surface area contributed by atoms with Crippen molar-refractivity contribution in [3.8, 4) is 16.9 Å². The predicted molar refractivity (Wildman–Crippen MR) is 130 cm³/mol. The van der Waals surface area contributed by atoms with Gasteiger partial charge in [-0.05, 0) is 56.9 Å². The first-order chi connectivity index (χ1) is 15.5. The van der Waals surface area contributed by atoms with Gasteiger partial charge in [-0.2, -0.15) is 5.10 Å². The number of amides is 1. The van der Waals surface area contributed by atoms with E-state index in [4.69, 9.17) is 5.10 Å². The lowest BCUT2D eigenvalue weighted by molar-refractivity contribution is 0.0930. The van der Waals surface area contributed by atoms with Crippen molar-refractivity contribution in [3.05, 3.63) is 107 Å². The zero-order valence-electron chi connectivity index (χ0n) is 18.9.